The molecule has 114 valence electrons. The van der Waals surface area contributed by atoms with Crippen molar-refractivity contribution in [2.45, 2.75) is 26.8 Å². The van der Waals surface area contributed by atoms with Crippen molar-refractivity contribution in [1.29, 1.82) is 5.26 Å². The van der Waals surface area contributed by atoms with Gasteiger partial charge < -0.3 is 14.5 Å². The molecule has 2 rings (SSSR count). The van der Waals surface area contributed by atoms with Gasteiger partial charge in [0.05, 0.1) is 17.7 Å². The van der Waals surface area contributed by atoms with Gasteiger partial charge in [0.15, 0.2) is 6.61 Å². The fourth-order valence-corrected chi connectivity index (χ4v) is 2.22. The van der Waals surface area contributed by atoms with Crippen LogP contribution in [0.25, 0.3) is 0 Å². The van der Waals surface area contributed by atoms with Crippen molar-refractivity contribution in [3.05, 3.63) is 53.0 Å². The Labute approximate surface area is 129 Å². The molecule has 1 amide bonds. The van der Waals surface area contributed by atoms with Gasteiger partial charge in [-0.3, -0.25) is 4.79 Å². The summed E-state index contributed by atoms with van der Waals surface area (Å²) in [4.78, 5) is 11.9. The number of amides is 1. The predicted octanol–water partition coefficient (Wildman–Crippen LogP) is 3.02. The maximum absolute atomic E-state index is 11.9. The first-order valence-corrected chi connectivity index (χ1v) is 6.99. The van der Waals surface area contributed by atoms with Crippen LogP contribution in [0.3, 0.4) is 0 Å². The molecule has 0 aliphatic heterocycles. The summed E-state index contributed by atoms with van der Waals surface area (Å²) in [5.74, 6) is 1.97. The molecule has 0 saturated heterocycles. The minimum Gasteiger partial charge on any atom is -0.484 e. The summed E-state index contributed by atoms with van der Waals surface area (Å²) in [6, 6.07) is 10.4. The predicted molar refractivity (Wildman–Crippen MR) is 81.4 cm³/mol. The summed E-state index contributed by atoms with van der Waals surface area (Å²) in [7, 11) is 0. The zero-order valence-electron chi connectivity index (χ0n) is 12.8. The maximum atomic E-state index is 11.9. The third-order valence-corrected chi connectivity index (χ3v) is 3.28. The summed E-state index contributed by atoms with van der Waals surface area (Å²) in [6.45, 7) is 5.57. The molecule has 1 atom stereocenters. The lowest BCUT2D eigenvalue weighted by Gasteiger charge is -2.13. The highest BCUT2D eigenvalue weighted by Crippen LogP contribution is 2.21. The van der Waals surface area contributed by atoms with Crippen LogP contribution >= 0.6 is 0 Å². The van der Waals surface area contributed by atoms with Gasteiger partial charge in [0, 0.05) is 5.56 Å². The molecule has 0 aliphatic carbocycles. The number of carbonyl (C=O) groups is 1. The van der Waals surface area contributed by atoms with Gasteiger partial charge in [-0.05, 0) is 51.1 Å². The quantitative estimate of drug-likeness (QED) is 0.920. The molecule has 1 heterocycles. The molecule has 1 aromatic heterocycles. The van der Waals surface area contributed by atoms with Gasteiger partial charge >= 0.3 is 0 Å². The van der Waals surface area contributed by atoms with Crippen LogP contribution in [0.4, 0.5) is 0 Å². The molecular formula is C17H18N2O3. The van der Waals surface area contributed by atoms with Crippen LogP contribution < -0.4 is 10.1 Å². The van der Waals surface area contributed by atoms with Gasteiger partial charge in [0.2, 0.25) is 0 Å². The molecule has 1 aromatic carbocycles. The number of nitrogens with zero attached hydrogens (tertiary/aromatic N) is 1. The Hall–Kier alpha value is -2.74. The topological polar surface area (TPSA) is 75.3 Å². The Balaban J connectivity index is 1.87. The SMILES string of the molecule is Cc1cc([C@@H](C)NC(=O)COc2ccc(C#N)cc2)c(C)o1. The second kappa shape index (κ2) is 6.81. The summed E-state index contributed by atoms with van der Waals surface area (Å²) in [5.41, 5.74) is 1.51. The van der Waals surface area contributed by atoms with Crippen molar-refractivity contribution >= 4 is 5.91 Å². The molecule has 22 heavy (non-hydrogen) atoms. The third-order valence-electron chi connectivity index (χ3n) is 3.28. The van der Waals surface area contributed by atoms with E-state index in [2.05, 4.69) is 5.32 Å². The highest BCUT2D eigenvalue weighted by molar-refractivity contribution is 5.78. The largest absolute Gasteiger partial charge is 0.484 e. The van der Waals surface area contributed by atoms with E-state index in [1.807, 2.05) is 32.9 Å². The van der Waals surface area contributed by atoms with Crippen molar-refractivity contribution < 1.29 is 13.9 Å². The van der Waals surface area contributed by atoms with E-state index < -0.39 is 0 Å². The first-order valence-electron chi connectivity index (χ1n) is 6.99. The number of hydrogen-bond acceptors (Lipinski definition) is 4. The molecule has 5 heteroatoms. The molecular weight excluding hydrogens is 280 g/mol. The zero-order chi connectivity index (χ0) is 16.1. The van der Waals surface area contributed by atoms with Crippen LogP contribution in [0, 0.1) is 25.2 Å². The molecule has 0 aliphatic rings. The monoisotopic (exact) mass is 298 g/mol. The minimum absolute atomic E-state index is 0.0773. The normalized spacial score (nSPS) is 11.5. The fourth-order valence-electron chi connectivity index (χ4n) is 2.22. The van der Waals surface area contributed by atoms with Crippen molar-refractivity contribution in [2.75, 3.05) is 6.61 Å². The number of carbonyl (C=O) groups excluding carboxylic acids is 1. The highest BCUT2D eigenvalue weighted by atomic mass is 16.5. The summed E-state index contributed by atoms with van der Waals surface area (Å²) in [5, 5.41) is 11.6. The molecule has 0 bridgehead atoms. The summed E-state index contributed by atoms with van der Waals surface area (Å²) in [6.07, 6.45) is 0. The maximum Gasteiger partial charge on any atom is 0.258 e. The minimum atomic E-state index is -0.213. The number of rotatable bonds is 5. The van der Waals surface area contributed by atoms with E-state index >= 15 is 0 Å². The van der Waals surface area contributed by atoms with Crippen molar-refractivity contribution in [2.24, 2.45) is 0 Å². The third kappa shape index (κ3) is 3.89. The van der Waals surface area contributed by atoms with Gasteiger partial charge in [0.1, 0.15) is 17.3 Å². The summed E-state index contributed by atoms with van der Waals surface area (Å²) < 4.78 is 10.9. The number of nitriles is 1. The van der Waals surface area contributed by atoms with Crippen molar-refractivity contribution in [3.63, 3.8) is 0 Å². The number of nitrogens with one attached hydrogen (secondary N) is 1. The molecule has 5 nitrogen and oxygen atoms in total. The molecule has 0 saturated carbocycles. The Kier molecular flexibility index (Phi) is 4.84. The lowest BCUT2D eigenvalue weighted by Crippen LogP contribution is -2.31. The van der Waals surface area contributed by atoms with Gasteiger partial charge in [-0.2, -0.15) is 5.26 Å². The first-order chi connectivity index (χ1) is 10.5. The van der Waals surface area contributed by atoms with E-state index in [-0.39, 0.29) is 18.6 Å². The molecule has 1 N–H and O–H groups in total. The smallest absolute Gasteiger partial charge is 0.258 e. The van der Waals surface area contributed by atoms with E-state index in [4.69, 9.17) is 14.4 Å². The number of furan rings is 1. The Morgan fingerprint density at radius 1 is 1.36 bits per heavy atom. The lowest BCUT2D eigenvalue weighted by atomic mass is 10.1. The average Bonchev–Trinajstić information content (AvgIpc) is 2.84. The van der Waals surface area contributed by atoms with Crippen LogP contribution in [-0.2, 0) is 4.79 Å². The van der Waals surface area contributed by atoms with E-state index in [9.17, 15) is 4.79 Å². The molecule has 2 aromatic rings. The van der Waals surface area contributed by atoms with Crippen LogP contribution in [0.5, 0.6) is 5.75 Å². The van der Waals surface area contributed by atoms with Crippen molar-refractivity contribution in [3.8, 4) is 11.8 Å². The second-order valence-electron chi connectivity index (χ2n) is 5.08. The summed E-state index contributed by atoms with van der Waals surface area (Å²) >= 11 is 0. The van der Waals surface area contributed by atoms with Crippen LogP contribution in [-0.4, -0.2) is 12.5 Å². The lowest BCUT2D eigenvalue weighted by molar-refractivity contribution is -0.123. The van der Waals surface area contributed by atoms with E-state index in [0.717, 1.165) is 17.1 Å². The number of ether oxygens (including phenoxy) is 1. The van der Waals surface area contributed by atoms with E-state index in [0.29, 0.717) is 11.3 Å². The van der Waals surface area contributed by atoms with Crippen LogP contribution in [0.2, 0.25) is 0 Å². The Bertz CT molecular complexity index is 696. The first kappa shape index (κ1) is 15.6. The molecule has 0 radical (unpaired) electrons. The average molecular weight is 298 g/mol. The Morgan fingerprint density at radius 3 is 2.59 bits per heavy atom. The highest BCUT2D eigenvalue weighted by Gasteiger charge is 2.15. The molecule has 0 spiro atoms. The van der Waals surface area contributed by atoms with Gasteiger partial charge in [-0.1, -0.05) is 0 Å². The zero-order valence-corrected chi connectivity index (χ0v) is 12.8. The van der Waals surface area contributed by atoms with E-state index in [1.54, 1.807) is 24.3 Å². The van der Waals surface area contributed by atoms with Crippen molar-refractivity contribution in [1.82, 2.24) is 5.32 Å². The van der Waals surface area contributed by atoms with Gasteiger partial charge in [-0.15, -0.1) is 0 Å². The molecule has 0 unspecified atom stereocenters. The van der Waals surface area contributed by atoms with Crippen LogP contribution in [0.15, 0.2) is 34.7 Å². The standard InChI is InChI=1S/C17H18N2O3/c1-11-8-16(13(3)22-11)12(2)19-17(20)10-21-15-6-4-14(9-18)5-7-15/h4-8,12H,10H2,1-3H3,(H,19,20)/t12-/m1/s1. The van der Waals surface area contributed by atoms with Crippen LogP contribution in [0.1, 0.15) is 35.6 Å². The Morgan fingerprint density at radius 2 is 2.05 bits per heavy atom. The number of hydrogen-bond donors (Lipinski definition) is 1. The number of aryl methyl sites for hydroxylation is 2. The fraction of sp³-hybridized carbons (Fsp3) is 0.294. The second-order valence-corrected chi connectivity index (χ2v) is 5.08. The molecule has 0 fully saturated rings. The number of benzene rings is 1. The van der Waals surface area contributed by atoms with Gasteiger partial charge in [-0.25, -0.2) is 0 Å². The van der Waals surface area contributed by atoms with Gasteiger partial charge in [0.25, 0.3) is 5.91 Å². The van der Waals surface area contributed by atoms with E-state index in [1.165, 1.54) is 0 Å².